The summed E-state index contributed by atoms with van der Waals surface area (Å²) < 4.78 is 0. The number of fused-ring (bicyclic) bond motifs is 1. The Hall–Kier alpha value is -3.42. The third kappa shape index (κ3) is 5.69. The van der Waals surface area contributed by atoms with Crippen molar-refractivity contribution in [3.63, 3.8) is 0 Å². The van der Waals surface area contributed by atoms with E-state index in [1.54, 1.807) is 11.0 Å². The molecule has 1 fully saturated rings. The minimum Gasteiger partial charge on any atom is -0.366 e. The van der Waals surface area contributed by atoms with E-state index in [-0.39, 0.29) is 11.8 Å². The van der Waals surface area contributed by atoms with E-state index < -0.39 is 0 Å². The number of unbranched alkanes of at least 4 members (excludes halogenated alkanes) is 2. The van der Waals surface area contributed by atoms with Crippen molar-refractivity contribution in [3.8, 4) is 0 Å². The van der Waals surface area contributed by atoms with Gasteiger partial charge in [0, 0.05) is 45.7 Å². The van der Waals surface area contributed by atoms with E-state index in [0.717, 1.165) is 58.5 Å². The molecule has 36 heavy (non-hydrogen) atoms. The number of amides is 2. The van der Waals surface area contributed by atoms with Crippen molar-refractivity contribution in [2.24, 2.45) is 0 Å². The second kappa shape index (κ2) is 11.5. The number of benzene rings is 2. The van der Waals surface area contributed by atoms with Crippen molar-refractivity contribution in [1.29, 1.82) is 0 Å². The number of para-hydroxylation sites is 1. The van der Waals surface area contributed by atoms with Gasteiger partial charge in [-0.3, -0.25) is 19.4 Å². The van der Waals surface area contributed by atoms with E-state index in [9.17, 15) is 9.59 Å². The molecule has 0 unspecified atom stereocenters. The van der Waals surface area contributed by atoms with Gasteiger partial charge in [0.05, 0.1) is 16.9 Å². The van der Waals surface area contributed by atoms with Gasteiger partial charge in [0.1, 0.15) is 5.82 Å². The molecule has 2 amide bonds. The lowest BCUT2D eigenvalue weighted by Crippen LogP contribution is -2.46. The molecule has 2 aromatic carbocycles. The van der Waals surface area contributed by atoms with Gasteiger partial charge in [-0.05, 0) is 43.2 Å². The Labute approximate surface area is 213 Å². The van der Waals surface area contributed by atoms with Gasteiger partial charge in [-0.2, -0.15) is 0 Å². The van der Waals surface area contributed by atoms with Crippen LogP contribution in [0.3, 0.4) is 0 Å². The summed E-state index contributed by atoms with van der Waals surface area (Å²) >= 11 is 0. The molecule has 3 heterocycles. The number of nitrogens with one attached hydrogen (secondary N) is 2. The molecule has 7 nitrogen and oxygen atoms in total. The number of dihydropyridines is 1. The van der Waals surface area contributed by atoms with Gasteiger partial charge in [0.25, 0.3) is 5.91 Å². The first kappa shape index (κ1) is 24.3. The van der Waals surface area contributed by atoms with Gasteiger partial charge in [-0.15, -0.1) is 0 Å². The molecule has 0 radical (unpaired) electrons. The summed E-state index contributed by atoms with van der Waals surface area (Å²) in [5, 5.41) is 6.23. The molecule has 2 aromatic rings. The van der Waals surface area contributed by atoms with Crippen molar-refractivity contribution in [3.05, 3.63) is 89.4 Å². The van der Waals surface area contributed by atoms with Crippen LogP contribution in [0.4, 0.5) is 5.69 Å². The molecule has 7 heteroatoms. The van der Waals surface area contributed by atoms with Crippen molar-refractivity contribution >= 4 is 17.5 Å². The molecule has 0 saturated carbocycles. The van der Waals surface area contributed by atoms with Crippen LogP contribution in [-0.2, 0) is 11.3 Å². The van der Waals surface area contributed by atoms with Crippen LogP contribution < -0.4 is 15.5 Å². The lowest BCUT2D eigenvalue weighted by atomic mass is 10.1. The molecule has 3 aliphatic heterocycles. The average molecular weight is 486 g/mol. The highest BCUT2D eigenvalue weighted by molar-refractivity contribution is 6.08. The average Bonchev–Trinajstić information content (AvgIpc) is 3.04. The van der Waals surface area contributed by atoms with Crippen LogP contribution in [0.25, 0.3) is 0 Å². The molecule has 1 saturated heterocycles. The number of hydrogen-bond acceptors (Lipinski definition) is 5. The van der Waals surface area contributed by atoms with Crippen LogP contribution >= 0.6 is 0 Å². The summed E-state index contributed by atoms with van der Waals surface area (Å²) in [5.41, 5.74) is 3.18. The fourth-order valence-electron chi connectivity index (χ4n) is 5.15. The fourth-order valence-corrected chi connectivity index (χ4v) is 5.15. The van der Waals surface area contributed by atoms with E-state index >= 15 is 0 Å². The Balaban J connectivity index is 1.09. The molecular weight excluding hydrogens is 450 g/mol. The number of allylic oxidation sites excluding steroid dienone is 1. The monoisotopic (exact) mass is 485 g/mol. The summed E-state index contributed by atoms with van der Waals surface area (Å²) in [6, 6.07) is 18.0. The molecule has 0 aliphatic carbocycles. The van der Waals surface area contributed by atoms with Gasteiger partial charge in [-0.1, -0.05) is 55.0 Å². The third-order valence-electron chi connectivity index (χ3n) is 7.12. The standard InChI is InChI=1S/C29H35N5O2/c35-27(34-26-14-7-6-12-24(26)29(36)31-25-13-9-16-30-28(25)34)15-5-2-8-17-32-18-20-33(21-19-32)22-23-10-3-1-4-11-23/h1,3-4,6-7,9-14,30H,2,5,8,15-22H2,(H,31,36). The predicted molar refractivity (Wildman–Crippen MR) is 142 cm³/mol. The van der Waals surface area contributed by atoms with Crippen molar-refractivity contribution in [1.82, 2.24) is 20.4 Å². The fraction of sp³-hybridized carbons (Fsp3) is 0.379. The number of carbonyl (C=O) groups excluding carboxylic acids is 2. The minimum atomic E-state index is -0.189. The second-order valence-electron chi connectivity index (χ2n) is 9.66. The van der Waals surface area contributed by atoms with Gasteiger partial charge < -0.3 is 15.5 Å². The van der Waals surface area contributed by atoms with Crippen LogP contribution in [0, 0.1) is 0 Å². The summed E-state index contributed by atoms with van der Waals surface area (Å²) in [4.78, 5) is 32.9. The van der Waals surface area contributed by atoms with E-state index in [0.29, 0.717) is 35.7 Å². The number of rotatable bonds is 8. The van der Waals surface area contributed by atoms with Gasteiger partial charge in [-0.25, -0.2) is 0 Å². The molecule has 3 aliphatic rings. The minimum absolute atomic E-state index is 0.0174. The van der Waals surface area contributed by atoms with Crippen molar-refractivity contribution in [2.45, 2.75) is 32.2 Å². The first-order chi connectivity index (χ1) is 17.7. The van der Waals surface area contributed by atoms with E-state index in [4.69, 9.17) is 0 Å². The summed E-state index contributed by atoms with van der Waals surface area (Å²) in [7, 11) is 0. The van der Waals surface area contributed by atoms with E-state index in [1.165, 1.54) is 5.56 Å². The van der Waals surface area contributed by atoms with Gasteiger partial charge in [0.15, 0.2) is 0 Å². The highest BCUT2D eigenvalue weighted by Crippen LogP contribution is 2.29. The Morgan fingerprint density at radius 2 is 1.61 bits per heavy atom. The number of carbonyl (C=O) groups is 2. The van der Waals surface area contributed by atoms with Gasteiger partial charge >= 0.3 is 0 Å². The maximum atomic E-state index is 13.4. The summed E-state index contributed by atoms with van der Waals surface area (Å²) in [6.07, 6.45) is 7.22. The highest BCUT2D eigenvalue weighted by atomic mass is 16.2. The third-order valence-corrected chi connectivity index (χ3v) is 7.12. The molecule has 2 N–H and O–H groups in total. The van der Waals surface area contributed by atoms with Crippen molar-refractivity contribution < 1.29 is 9.59 Å². The normalized spacial score (nSPS) is 18.2. The molecule has 0 atom stereocenters. The Bertz CT molecular complexity index is 1140. The van der Waals surface area contributed by atoms with Crippen LogP contribution in [0.2, 0.25) is 0 Å². The predicted octanol–water partition coefficient (Wildman–Crippen LogP) is 3.47. The Morgan fingerprint density at radius 3 is 2.44 bits per heavy atom. The maximum Gasteiger partial charge on any atom is 0.257 e. The number of hydrogen-bond donors (Lipinski definition) is 2. The Kier molecular flexibility index (Phi) is 7.79. The quantitative estimate of drug-likeness (QED) is 0.561. The number of nitrogens with zero attached hydrogens (tertiary/aromatic N) is 3. The zero-order valence-electron chi connectivity index (χ0n) is 20.8. The molecule has 5 rings (SSSR count). The Morgan fingerprint density at radius 1 is 0.861 bits per heavy atom. The summed E-state index contributed by atoms with van der Waals surface area (Å²) in [5.74, 6) is 0.489. The van der Waals surface area contributed by atoms with Gasteiger partial charge in [0.2, 0.25) is 5.91 Å². The van der Waals surface area contributed by atoms with Crippen LogP contribution in [0.1, 0.15) is 41.6 Å². The number of piperazine rings is 1. The number of anilines is 1. The molecule has 0 aromatic heterocycles. The lowest BCUT2D eigenvalue weighted by Gasteiger charge is -2.34. The molecule has 188 valence electrons. The first-order valence-corrected chi connectivity index (χ1v) is 13.1. The topological polar surface area (TPSA) is 67.9 Å². The van der Waals surface area contributed by atoms with E-state index in [2.05, 4.69) is 50.8 Å². The SMILES string of the molecule is O=C1NC2=C(NCC=C2)N(C(=O)CCCCCN2CCN(Cc3ccccc3)CC2)c2ccccc21. The van der Waals surface area contributed by atoms with Crippen LogP contribution in [0.5, 0.6) is 0 Å². The summed E-state index contributed by atoms with van der Waals surface area (Å²) in [6.45, 7) is 7.15. The molecule has 0 spiro atoms. The van der Waals surface area contributed by atoms with E-state index in [1.807, 2.05) is 30.4 Å². The largest absolute Gasteiger partial charge is 0.366 e. The smallest absolute Gasteiger partial charge is 0.257 e. The molecule has 0 bridgehead atoms. The maximum absolute atomic E-state index is 13.4. The zero-order valence-corrected chi connectivity index (χ0v) is 20.8. The highest BCUT2D eigenvalue weighted by Gasteiger charge is 2.31. The second-order valence-corrected chi connectivity index (χ2v) is 9.66. The van der Waals surface area contributed by atoms with Crippen LogP contribution in [-0.4, -0.2) is 60.9 Å². The zero-order chi connectivity index (χ0) is 24.7. The molecular formula is C29H35N5O2. The lowest BCUT2D eigenvalue weighted by molar-refractivity contribution is -0.118. The van der Waals surface area contributed by atoms with Crippen LogP contribution in [0.15, 0.2) is 78.3 Å². The first-order valence-electron chi connectivity index (χ1n) is 13.1. The van der Waals surface area contributed by atoms with Crippen molar-refractivity contribution in [2.75, 3.05) is 44.2 Å².